The molecule has 0 atom stereocenters. The fourth-order valence-corrected chi connectivity index (χ4v) is 5.63. The molecule has 0 aliphatic carbocycles. The predicted octanol–water partition coefficient (Wildman–Crippen LogP) is 3.99. The molecule has 1 aromatic heterocycles. The minimum Gasteiger partial charge on any atom is -0.493 e. The van der Waals surface area contributed by atoms with Gasteiger partial charge in [-0.25, -0.2) is 8.42 Å². The Hall–Kier alpha value is -2.79. The maximum absolute atomic E-state index is 13.0. The SMILES string of the molecule is COc1cc(-c2ccc(N3CCN(S(=O)(=O)c4ccc(Cl)c(Cl)c4)CC3)nn2)cc(OC)c1OC. The average Bonchev–Trinajstić information content (AvgIpc) is 2.89. The van der Waals surface area contributed by atoms with Gasteiger partial charge in [0.25, 0.3) is 0 Å². The van der Waals surface area contributed by atoms with Crippen LogP contribution in [0, 0.1) is 0 Å². The normalized spacial score (nSPS) is 14.6. The molecule has 2 heterocycles. The molecule has 186 valence electrons. The van der Waals surface area contributed by atoms with E-state index in [1.54, 1.807) is 33.5 Å². The summed E-state index contributed by atoms with van der Waals surface area (Å²) in [6, 6.07) is 11.6. The van der Waals surface area contributed by atoms with Crippen molar-refractivity contribution in [1.82, 2.24) is 14.5 Å². The summed E-state index contributed by atoms with van der Waals surface area (Å²) in [6.45, 7) is 1.55. The number of methoxy groups -OCH3 is 3. The molecule has 0 unspecified atom stereocenters. The number of hydrogen-bond donors (Lipinski definition) is 0. The van der Waals surface area contributed by atoms with Gasteiger partial charge < -0.3 is 19.1 Å². The summed E-state index contributed by atoms with van der Waals surface area (Å²) >= 11 is 11.9. The molecule has 4 rings (SSSR count). The molecule has 2 aromatic carbocycles. The molecule has 0 spiro atoms. The van der Waals surface area contributed by atoms with Crippen molar-refractivity contribution in [3.63, 3.8) is 0 Å². The number of hydrogen-bond acceptors (Lipinski definition) is 8. The summed E-state index contributed by atoms with van der Waals surface area (Å²) < 4.78 is 43.6. The first-order chi connectivity index (χ1) is 16.8. The maximum Gasteiger partial charge on any atom is 0.243 e. The van der Waals surface area contributed by atoms with Gasteiger partial charge in [0, 0.05) is 31.7 Å². The molecule has 0 saturated carbocycles. The highest BCUT2D eigenvalue weighted by molar-refractivity contribution is 7.89. The van der Waals surface area contributed by atoms with Gasteiger partial charge in [-0.2, -0.15) is 4.31 Å². The van der Waals surface area contributed by atoms with Crippen LogP contribution in [0.3, 0.4) is 0 Å². The second-order valence-electron chi connectivity index (χ2n) is 7.66. The van der Waals surface area contributed by atoms with Crippen molar-refractivity contribution in [3.05, 3.63) is 52.5 Å². The van der Waals surface area contributed by atoms with E-state index >= 15 is 0 Å². The maximum atomic E-state index is 13.0. The van der Waals surface area contributed by atoms with E-state index in [-0.39, 0.29) is 9.92 Å². The lowest BCUT2D eigenvalue weighted by Gasteiger charge is -2.34. The highest BCUT2D eigenvalue weighted by atomic mass is 35.5. The number of piperazine rings is 1. The lowest BCUT2D eigenvalue weighted by atomic mass is 10.1. The van der Waals surface area contributed by atoms with Crippen LogP contribution in [0.1, 0.15) is 0 Å². The van der Waals surface area contributed by atoms with E-state index in [2.05, 4.69) is 10.2 Å². The minimum absolute atomic E-state index is 0.120. The quantitative estimate of drug-likeness (QED) is 0.445. The topological polar surface area (TPSA) is 94.1 Å². The van der Waals surface area contributed by atoms with Crippen LogP contribution in [-0.4, -0.2) is 70.4 Å². The van der Waals surface area contributed by atoms with E-state index in [0.29, 0.717) is 60.0 Å². The predicted molar refractivity (Wildman–Crippen MR) is 135 cm³/mol. The smallest absolute Gasteiger partial charge is 0.243 e. The van der Waals surface area contributed by atoms with Gasteiger partial charge in [-0.1, -0.05) is 23.2 Å². The first-order valence-corrected chi connectivity index (χ1v) is 12.8. The molecule has 3 aromatic rings. The van der Waals surface area contributed by atoms with E-state index in [1.165, 1.54) is 22.5 Å². The Labute approximate surface area is 214 Å². The van der Waals surface area contributed by atoms with E-state index in [4.69, 9.17) is 37.4 Å². The van der Waals surface area contributed by atoms with E-state index in [0.717, 1.165) is 5.56 Å². The first-order valence-electron chi connectivity index (χ1n) is 10.6. The lowest BCUT2D eigenvalue weighted by Crippen LogP contribution is -2.49. The number of halogens is 2. The zero-order valence-corrected chi connectivity index (χ0v) is 21.7. The van der Waals surface area contributed by atoms with Gasteiger partial charge >= 0.3 is 0 Å². The number of nitrogens with zero attached hydrogens (tertiary/aromatic N) is 4. The Morgan fingerprint density at radius 2 is 1.46 bits per heavy atom. The summed E-state index contributed by atoms with van der Waals surface area (Å²) in [4.78, 5) is 2.11. The van der Waals surface area contributed by atoms with Crippen LogP contribution in [0.15, 0.2) is 47.4 Å². The van der Waals surface area contributed by atoms with Gasteiger partial charge in [0.05, 0.1) is 42.0 Å². The van der Waals surface area contributed by atoms with Crippen LogP contribution in [-0.2, 0) is 10.0 Å². The van der Waals surface area contributed by atoms with Gasteiger partial charge in [-0.05, 0) is 42.5 Å². The summed E-state index contributed by atoms with van der Waals surface area (Å²) in [6.07, 6.45) is 0. The van der Waals surface area contributed by atoms with Crippen LogP contribution in [0.4, 0.5) is 5.82 Å². The number of ether oxygens (including phenoxy) is 3. The van der Waals surface area contributed by atoms with Crippen LogP contribution in [0.25, 0.3) is 11.3 Å². The fourth-order valence-electron chi connectivity index (χ4n) is 3.82. The third-order valence-corrected chi connectivity index (χ3v) is 8.34. The lowest BCUT2D eigenvalue weighted by molar-refractivity contribution is 0.324. The Morgan fingerprint density at radius 3 is 1.97 bits per heavy atom. The van der Waals surface area contributed by atoms with Crippen LogP contribution < -0.4 is 19.1 Å². The van der Waals surface area contributed by atoms with Crippen molar-refractivity contribution in [2.45, 2.75) is 4.90 Å². The Kier molecular flexibility index (Phi) is 7.56. The second-order valence-corrected chi connectivity index (χ2v) is 10.4. The molecular formula is C23H24Cl2N4O5S. The Balaban J connectivity index is 1.48. The van der Waals surface area contributed by atoms with Crippen molar-refractivity contribution in [2.24, 2.45) is 0 Å². The van der Waals surface area contributed by atoms with E-state index in [1.807, 2.05) is 17.0 Å². The summed E-state index contributed by atoms with van der Waals surface area (Å²) in [5, 5.41) is 9.23. The first kappa shape index (κ1) is 25.3. The summed E-state index contributed by atoms with van der Waals surface area (Å²) in [5.41, 5.74) is 1.39. The van der Waals surface area contributed by atoms with Crippen molar-refractivity contribution in [2.75, 3.05) is 52.4 Å². The standard InChI is InChI=1S/C23H24Cl2N4O5S/c1-32-20-12-15(13-21(33-2)23(20)34-3)19-6-7-22(27-26-19)28-8-10-29(11-9-28)35(30,31)16-4-5-17(24)18(25)14-16/h4-7,12-14H,8-11H2,1-3H3. The molecule has 9 nitrogen and oxygen atoms in total. The van der Waals surface area contributed by atoms with Gasteiger partial charge in [0.2, 0.25) is 15.8 Å². The largest absolute Gasteiger partial charge is 0.493 e. The Morgan fingerprint density at radius 1 is 0.800 bits per heavy atom. The number of anilines is 1. The highest BCUT2D eigenvalue weighted by Gasteiger charge is 2.29. The monoisotopic (exact) mass is 538 g/mol. The highest BCUT2D eigenvalue weighted by Crippen LogP contribution is 2.40. The molecule has 0 amide bonds. The number of rotatable bonds is 7. The zero-order chi connectivity index (χ0) is 25.2. The van der Waals surface area contributed by atoms with E-state index < -0.39 is 10.0 Å². The fraction of sp³-hybridized carbons (Fsp3) is 0.304. The van der Waals surface area contributed by atoms with Crippen molar-refractivity contribution >= 4 is 39.0 Å². The minimum atomic E-state index is -3.68. The molecule has 0 bridgehead atoms. The summed E-state index contributed by atoms with van der Waals surface area (Å²) in [5.74, 6) is 2.20. The second kappa shape index (κ2) is 10.4. The van der Waals surface area contributed by atoms with Gasteiger partial charge in [0.15, 0.2) is 17.3 Å². The molecule has 12 heteroatoms. The average molecular weight is 539 g/mol. The molecule has 1 aliphatic heterocycles. The third-order valence-electron chi connectivity index (χ3n) is 5.70. The van der Waals surface area contributed by atoms with Crippen molar-refractivity contribution in [1.29, 1.82) is 0 Å². The van der Waals surface area contributed by atoms with Gasteiger partial charge in [0.1, 0.15) is 0 Å². The number of aromatic nitrogens is 2. The summed E-state index contributed by atoms with van der Waals surface area (Å²) in [7, 11) is 0.976. The van der Waals surface area contributed by atoms with Crippen molar-refractivity contribution < 1.29 is 22.6 Å². The third kappa shape index (κ3) is 5.11. The van der Waals surface area contributed by atoms with Crippen LogP contribution >= 0.6 is 23.2 Å². The van der Waals surface area contributed by atoms with Crippen LogP contribution in [0.2, 0.25) is 10.0 Å². The zero-order valence-electron chi connectivity index (χ0n) is 19.4. The molecule has 1 fully saturated rings. The number of benzene rings is 2. The Bertz CT molecular complexity index is 1290. The van der Waals surface area contributed by atoms with Crippen molar-refractivity contribution in [3.8, 4) is 28.5 Å². The van der Waals surface area contributed by atoms with Crippen LogP contribution in [0.5, 0.6) is 17.2 Å². The molecule has 35 heavy (non-hydrogen) atoms. The molecule has 1 saturated heterocycles. The number of sulfonamides is 1. The van der Waals surface area contributed by atoms with Gasteiger partial charge in [-0.3, -0.25) is 0 Å². The molecule has 0 radical (unpaired) electrons. The molecular weight excluding hydrogens is 515 g/mol. The molecule has 1 aliphatic rings. The molecule has 0 N–H and O–H groups in total. The van der Waals surface area contributed by atoms with Gasteiger partial charge in [-0.15, -0.1) is 10.2 Å². The van der Waals surface area contributed by atoms with E-state index in [9.17, 15) is 8.42 Å².